The zero-order valence-corrected chi connectivity index (χ0v) is 39.0. The van der Waals surface area contributed by atoms with E-state index in [1.807, 2.05) is 0 Å². The number of fused-ring (bicyclic) bond motifs is 8. The minimum Gasteiger partial charge on any atom is -0.333 e. The van der Waals surface area contributed by atoms with Crippen molar-refractivity contribution in [2.24, 2.45) is 0 Å². The number of nitrogens with zero attached hydrogens (tertiary/aromatic N) is 3. The Balaban J connectivity index is 0.953. The normalized spacial score (nSPS) is 14.9. The summed E-state index contributed by atoms with van der Waals surface area (Å²) < 4.78 is 2.55. The molecule has 0 bridgehead atoms. The van der Waals surface area contributed by atoms with Crippen molar-refractivity contribution in [1.82, 2.24) is 4.57 Å². The van der Waals surface area contributed by atoms with Gasteiger partial charge in [-0.15, -0.1) is 0 Å². The predicted molar refractivity (Wildman–Crippen MR) is 300 cm³/mol. The van der Waals surface area contributed by atoms with E-state index in [1.165, 1.54) is 93.7 Å². The number of rotatable bonds is 8. The van der Waals surface area contributed by atoms with Crippen LogP contribution >= 0.6 is 0 Å². The average Bonchev–Trinajstić information content (AvgIpc) is 3.97. The van der Waals surface area contributed by atoms with Crippen molar-refractivity contribution in [2.75, 3.05) is 9.80 Å². The van der Waals surface area contributed by atoms with Gasteiger partial charge in [-0.25, -0.2) is 0 Å². The largest absolute Gasteiger partial charge is 0.333 e. The minimum absolute atomic E-state index is 0.213. The molecule has 0 saturated heterocycles. The third kappa shape index (κ3) is 6.65. The SMILES string of the molecule is C1=CC2c3cc(N(c4ccc(-c5cccc6c5ccc5c(-c7ccccc7)c(-c7ccccc7)n(-c7cccc8ccccc78)c56)cc4)c4cccc5ccccc45)ccc3N(c3ccccc3)C2C=C1. The van der Waals surface area contributed by atoms with E-state index < -0.39 is 0 Å². The highest BCUT2D eigenvalue weighted by Gasteiger charge is 2.38. The first-order valence-corrected chi connectivity index (χ1v) is 24.7. The number of anilines is 5. The van der Waals surface area contributed by atoms with Crippen LogP contribution in [0.3, 0.4) is 0 Å². The highest BCUT2D eigenvalue weighted by Crippen LogP contribution is 2.51. The fourth-order valence-electron chi connectivity index (χ4n) is 11.8. The molecule has 0 fully saturated rings. The number of para-hydroxylation sites is 1. The van der Waals surface area contributed by atoms with Crippen molar-refractivity contribution < 1.29 is 0 Å². The van der Waals surface area contributed by atoms with Gasteiger partial charge in [0.2, 0.25) is 0 Å². The van der Waals surface area contributed by atoms with Crippen LogP contribution in [0, 0.1) is 0 Å². The van der Waals surface area contributed by atoms with E-state index in [1.54, 1.807) is 0 Å². The first kappa shape index (κ1) is 40.8. The van der Waals surface area contributed by atoms with Crippen LogP contribution < -0.4 is 9.80 Å². The van der Waals surface area contributed by atoms with Gasteiger partial charge in [-0.2, -0.15) is 0 Å². The Kier molecular flexibility index (Phi) is 9.67. The molecule has 0 amide bonds. The molecule has 1 aromatic heterocycles. The molecule has 14 rings (SSSR count). The molecule has 2 aliphatic rings. The van der Waals surface area contributed by atoms with E-state index in [-0.39, 0.29) is 12.0 Å². The molecule has 3 heteroatoms. The fourth-order valence-corrected chi connectivity index (χ4v) is 11.8. The highest BCUT2D eigenvalue weighted by molar-refractivity contribution is 6.19. The average molecular weight is 906 g/mol. The zero-order valence-electron chi connectivity index (χ0n) is 39.0. The molecule has 334 valence electrons. The number of hydrogen-bond acceptors (Lipinski definition) is 2. The van der Waals surface area contributed by atoms with Gasteiger partial charge in [-0.1, -0.05) is 218 Å². The summed E-state index contributed by atoms with van der Waals surface area (Å²) in [6.45, 7) is 0. The van der Waals surface area contributed by atoms with Crippen LogP contribution in [-0.4, -0.2) is 10.6 Å². The van der Waals surface area contributed by atoms with E-state index in [4.69, 9.17) is 0 Å². The lowest BCUT2D eigenvalue weighted by atomic mass is 9.91. The molecule has 0 spiro atoms. The molecular weight excluding hydrogens is 859 g/mol. The topological polar surface area (TPSA) is 11.4 Å². The molecule has 1 aliphatic carbocycles. The minimum atomic E-state index is 0.213. The summed E-state index contributed by atoms with van der Waals surface area (Å²) in [6.07, 6.45) is 9.12. The molecular formula is C68H47N3. The summed E-state index contributed by atoms with van der Waals surface area (Å²) in [6, 6.07) is 91.6. The van der Waals surface area contributed by atoms with Gasteiger partial charge in [0.15, 0.2) is 0 Å². The van der Waals surface area contributed by atoms with E-state index >= 15 is 0 Å². The Morgan fingerprint density at radius 2 is 0.986 bits per heavy atom. The fraction of sp³-hybridized carbons (Fsp3) is 0.0294. The Bertz CT molecular complexity index is 4040. The standard InChI is InChI=1S/C68H47N3/c1-4-21-49(22-5-1)66-60-43-42-57-54(32-18-33-59(57)68(60)71(67(66)50-23-6-2-7-24-50)63-36-17-26-47-20-11-13-30-56(47)63)48-37-39-52(40-38-48)69(62-35-16-25-46-19-10-12-29-55(46)62)53-41-44-65-61(45-53)58-31-14-15-34-64(58)70(65)51-27-8-3-9-28-51/h1-45,58,64H. The molecule has 12 aromatic rings. The Morgan fingerprint density at radius 3 is 1.77 bits per heavy atom. The van der Waals surface area contributed by atoms with Gasteiger partial charge in [0.05, 0.1) is 28.6 Å². The monoisotopic (exact) mass is 905 g/mol. The van der Waals surface area contributed by atoms with Crippen LogP contribution in [0.1, 0.15) is 11.5 Å². The lowest BCUT2D eigenvalue weighted by molar-refractivity contribution is 0.745. The Morgan fingerprint density at radius 1 is 0.380 bits per heavy atom. The number of aromatic nitrogens is 1. The summed E-state index contributed by atoms with van der Waals surface area (Å²) in [4.78, 5) is 4.96. The smallest absolute Gasteiger partial charge is 0.0629 e. The lowest BCUT2D eigenvalue weighted by Gasteiger charge is -2.29. The Labute approximate surface area is 413 Å². The molecule has 2 atom stereocenters. The van der Waals surface area contributed by atoms with Crippen LogP contribution in [-0.2, 0) is 0 Å². The number of benzene rings is 11. The molecule has 2 unspecified atom stereocenters. The van der Waals surface area contributed by atoms with E-state index in [0.29, 0.717) is 0 Å². The van der Waals surface area contributed by atoms with Crippen LogP contribution in [0.15, 0.2) is 273 Å². The Hall–Kier alpha value is -9.18. The number of allylic oxidation sites excluding steroid dienone is 2. The molecule has 2 heterocycles. The van der Waals surface area contributed by atoms with Crippen LogP contribution in [0.2, 0.25) is 0 Å². The molecule has 71 heavy (non-hydrogen) atoms. The van der Waals surface area contributed by atoms with Gasteiger partial charge in [0, 0.05) is 55.8 Å². The molecule has 0 radical (unpaired) electrons. The lowest BCUT2D eigenvalue weighted by Crippen LogP contribution is -2.28. The van der Waals surface area contributed by atoms with Gasteiger partial charge in [-0.05, 0) is 98.6 Å². The van der Waals surface area contributed by atoms with Gasteiger partial charge >= 0.3 is 0 Å². The van der Waals surface area contributed by atoms with E-state index in [2.05, 4.69) is 287 Å². The second kappa shape index (κ2) is 16.8. The summed E-state index contributed by atoms with van der Waals surface area (Å²) in [5, 5.41) is 8.49. The zero-order chi connectivity index (χ0) is 46.8. The maximum atomic E-state index is 2.55. The summed E-state index contributed by atoms with van der Waals surface area (Å²) in [5.74, 6) is 0.235. The molecule has 0 N–H and O–H groups in total. The van der Waals surface area contributed by atoms with Crippen molar-refractivity contribution in [1.29, 1.82) is 0 Å². The molecule has 1 aliphatic heterocycles. The van der Waals surface area contributed by atoms with Gasteiger partial charge < -0.3 is 14.4 Å². The van der Waals surface area contributed by atoms with Crippen LogP contribution in [0.25, 0.3) is 82.4 Å². The molecule has 11 aromatic carbocycles. The summed E-state index contributed by atoms with van der Waals surface area (Å²) >= 11 is 0. The molecule has 3 nitrogen and oxygen atoms in total. The van der Waals surface area contributed by atoms with Gasteiger partial charge in [0.25, 0.3) is 0 Å². The van der Waals surface area contributed by atoms with Crippen molar-refractivity contribution >= 4 is 71.7 Å². The first-order chi connectivity index (χ1) is 35.3. The van der Waals surface area contributed by atoms with Crippen molar-refractivity contribution in [3.05, 3.63) is 279 Å². The van der Waals surface area contributed by atoms with Gasteiger partial charge in [-0.3, -0.25) is 0 Å². The summed E-state index contributed by atoms with van der Waals surface area (Å²) in [7, 11) is 0. The van der Waals surface area contributed by atoms with Crippen molar-refractivity contribution in [2.45, 2.75) is 12.0 Å². The van der Waals surface area contributed by atoms with Crippen LogP contribution in [0.4, 0.5) is 28.4 Å². The maximum Gasteiger partial charge on any atom is 0.0629 e. The quantitative estimate of drug-likeness (QED) is 0.151. The second-order valence-corrected chi connectivity index (χ2v) is 18.8. The van der Waals surface area contributed by atoms with E-state index in [9.17, 15) is 0 Å². The third-order valence-electron chi connectivity index (χ3n) is 14.9. The van der Waals surface area contributed by atoms with Crippen molar-refractivity contribution in [3.8, 4) is 39.2 Å². The van der Waals surface area contributed by atoms with Gasteiger partial charge in [0.1, 0.15) is 0 Å². The van der Waals surface area contributed by atoms with Crippen LogP contribution in [0.5, 0.6) is 0 Å². The summed E-state index contributed by atoms with van der Waals surface area (Å²) in [5.41, 5.74) is 16.7. The molecule has 0 saturated carbocycles. The maximum absolute atomic E-state index is 2.55. The highest BCUT2D eigenvalue weighted by atomic mass is 15.2. The predicted octanol–water partition coefficient (Wildman–Crippen LogP) is 18.3. The number of hydrogen-bond donors (Lipinski definition) is 0. The first-order valence-electron chi connectivity index (χ1n) is 24.7. The van der Waals surface area contributed by atoms with E-state index in [0.717, 1.165) is 22.7 Å². The third-order valence-corrected chi connectivity index (χ3v) is 14.9. The second-order valence-electron chi connectivity index (χ2n) is 18.8. The van der Waals surface area contributed by atoms with Crippen molar-refractivity contribution in [3.63, 3.8) is 0 Å².